The van der Waals surface area contributed by atoms with Crippen molar-refractivity contribution in [1.29, 1.82) is 0 Å². The Hall–Kier alpha value is -3.29. The average molecular weight is 539 g/mol. The molecule has 0 bridgehead atoms. The molecule has 3 aromatic heterocycles. The van der Waals surface area contributed by atoms with Crippen LogP contribution in [-0.4, -0.2) is 50.7 Å². The number of hydrogen-bond acceptors (Lipinski definition) is 5. The van der Waals surface area contributed by atoms with Crippen LogP contribution in [0.4, 0.5) is 4.79 Å². The van der Waals surface area contributed by atoms with Gasteiger partial charge < -0.3 is 19.4 Å². The second-order valence-electron chi connectivity index (χ2n) is 10.0. The lowest BCUT2D eigenvalue weighted by molar-refractivity contribution is 0.0187. The number of halogens is 2. The second-order valence-corrected chi connectivity index (χ2v) is 10.8. The van der Waals surface area contributed by atoms with Gasteiger partial charge in [0.2, 0.25) is 0 Å². The number of rotatable bonds is 5. The minimum Gasteiger partial charge on any atom is -0.489 e. The Morgan fingerprint density at radius 3 is 2.78 bits per heavy atom. The van der Waals surface area contributed by atoms with E-state index in [4.69, 9.17) is 32.7 Å². The fourth-order valence-electron chi connectivity index (χ4n) is 4.64. The summed E-state index contributed by atoms with van der Waals surface area (Å²) in [7, 11) is 0. The predicted molar refractivity (Wildman–Crippen MR) is 146 cm³/mol. The second kappa shape index (κ2) is 10.2. The standard InChI is InChI=1S/C28H28Cl2N4O3/c1-28(2,3)37-27(35)34-14-6-7-17(34)16-36-22-15-31-13-11-18(22)25-23(19-8-4-9-20(29)24(19)30)26-21(33-25)10-5-12-32-26/h4-5,8-13,15,17,33H,6-7,14,16H2,1-3H3/t17-/m0/s1. The van der Waals surface area contributed by atoms with Crippen molar-refractivity contribution >= 4 is 40.3 Å². The number of carbonyl (C=O) groups is 1. The molecule has 1 saturated heterocycles. The van der Waals surface area contributed by atoms with E-state index in [0.29, 0.717) is 28.9 Å². The maximum absolute atomic E-state index is 12.7. The molecule has 0 unspecified atom stereocenters. The van der Waals surface area contributed by atoms with E-state index in [0.717, 1.165) is 46.3 Å². The van der Waals surface area contributed by atoms with E-state index < -0.39 is 5.60 Å². The van der Waals surface area contributed by atoms with Crippen molar-refractivity contribution in [2.75, 3.05) is 13.2 Å². The van der Waals surface area contributed by atoms with Crippen molar-refractivity contribution in [3.8, 4) is 28.1 Å². The number of hydrogen-bond donors (Lipinski definition) is 1. The Balaban J connectivity index is 1.50. The molecule has 9 heteroatoms. The number of aromatic nitrogens is 3. The summed E-state index contributed by atoms with van der Waals surface area (Å²) in [4.78, 5) is 26.9. The van der Waals surface area contributed by atoms with E-state index in [1.807, 2.05) is 51.1 Å². The number of nitrogens with zero attached hydrogens (tertiary/aromatic N) is 3. The number of likely N-dealkylation sites (tertiary alicyclic amines) is 1. The van der Waals surface area contributed by atoms with Crippen molar-refractivity contribution < 1.29 is 14.3 Å². The van der Waals surface area contributed by atoms with Crippen molar-refractivity contribution in [3.63, 3.8) is 0 Å². The summed E-state index contributed by atoms with van der Waals surface area (Å²) in [6.07, 6.45) is 6.58. The van der Waals surface area contributed by atoms with Gasteiger partial charge in [-0.2, -0.15) is 0 Å². The maximum atomic E-state index is 12.7. The molecule has 192 valence electrons. The number of carbonyl (C=O) groups excluding carboxylic acids is 1. The summed E-state index contributed by atoms with van der Waals surface area (Å²) in [5, 5.41) is 0.914. The first kappa shape index (κ1) is 25.4. The van der Waals surface area contributed by atoms with Crippen LogP contribution in [0.3, 0.4) is 0 Å². The summed E-state index contributed by atoms with van der Waals surface area (Å²) < 4.78 is 11.9. The molecule has 1 N–H and O–H groups in total. The lowest BCUT2D eigenvalue weighted by Gasteiger charge is -2.28. The third-order valence-corrected chi connectivity index (χ3v) is 7.08. The Kier molecular flexibility index (Phi) is 7.01. The van der Waals surface area contributed by atoms with Gasteiger partial charge >= 0.3 is 6.09 Å². The fourth-order valence-corrected chi connectivity index (χ4v) is 5.03. The van der Waals surface area contributed by atoms with E-state index in [1.54, 1.807) is 29.6 Å². The molecule has 1 atom stereocenters. The maximum Gasteiger partial charge on any atom is 0.410 e. The van der Waals surface area contributed by atoms with E-state index in [-0.39, 0.29) is 12.1 Å². The van der Waals surface area contributed by atoms with Crippen LogP contribution in [0.25, 0.3) is 33.4 Å². The minimum atomic E-state index is -0.552. The van der Waals surface area contributed by atoms with E-state index in [1.165, 1.54) is 0 Å². The Morgan fingerprint density at radius 1 is 1.14 bits per heavy atom. The summed E-state index contributed by atoms with van der Waals surface area (Å²) in [5.41, 5.74) is 4.28. The Labute approximate surface area is 225 Å². The summed E-state index contributed by atoms with van der Waals surface area (Å²) in [5.74, 6) is 0.587. The molecular formula is C28H28Cl2N4O3. The quantitative estimate of drug-likeness (QED) is 0.286. The third-order valence-electron chi connectivity index (χ3n) is 6.27. The SMILES string of the molecule is CC(C)(C)OC(=O)N1CCC[C@H]1COc1cnccc1-c1[nH]c2cccnc2c1-c1cccc(Cl)c1Cl. The molecule has 0 radical (unpaired) electrons. The first-order valence-corrected chi connectivity index (χ1v) is 13.0. The molecule has 0 saturated carbocycles. The summed E-state index contributed by atoms with van der Waals surface area (Å²) in [6, 6.07) is 11.2. The molecule has 4 aromatic rings. The van der Waals surface area contributed by atoms with Crippen LogP contribution < -0.4 is 4.74 Å². The normalized spacial score (nSPS) is 15.8. The highest BCUT2D eigenvalue weighted by Crippen LogP contribution is 2.44. The zero-order valence-electron chi connectivity index (χ0n) is 20.9. The number of aromatic amines is 1. The van der Waals surface area contributed by atoms with Crippen LogP contribution in [0.15, 0.2) is 55.0 Å². The Morgan fingerprint density at radius 2 is 1.97 bits per heavy atom. The van der Waals surface area contributed by atoms with Gasteiger partial charge in [0.05, 0.1) is 39.0 Å². The molecule has 0 spiro atoms. The van der Waals surface area contributed by atoms with Gasteiger partial charge in [0, 0.05) is 35.6 Å². The molecule has 1 fully saturated rings. The lowest BCUT2D eigenvalue weighted by atomic mass is 10.0. The molecule has 7 nitrogen and oxygen atoms in total. The molecule has 1 amide bonds. The van der Waals surface area contributed by atoms with Gasteiger partial charge in [0.15, 0.2) is 0 Å². The van der Waals surface area contributed by atoms with E-state index in [2.05, 4.69) is 15.0 Å². The van der Waals surface area contributed by atoms with Crippen molar-refractivity contribution in [2.24, 2.45) is 0 Å². The van der Waals surface area contributed by atoms with E-state index >= 15 is 0 Å². The van der Waals surface area contributed by atoms with Crippen molar-refractivity contribution in [3.05, 3.63) is 65.0 Å². The van der Waals surface area contributed by atoms with Crippen LogP contribution >= 0.6 is 23.2 Å². The highest BCUT2D eigenvalue weighted by atomic mass is 35.5. The zero-order valence-corrected chi connectivity index (χ0v) is 22.4. The van der Waals surface area contributed by atoms with Gasteiger partial charge in [-0.05, 0) is 57.9 Å². The molecule has 1 aromatic carbocycles. The minimum absolute atomic E-state index is 0.0888. The fraction of sp³-hybridized carbons (Fsp3) is 0.321. The molecule has 1 aliphatic heterocycles. The number of pyridine rings is 2. The third kappa shape index (κ3) is 5.24. The smallest absolute Gasteiger partial charge is 0.410 e. The van der Waals surface area contributed by atoms with Crippen LogP contribution in [0, 0.1) is 0 Å². The first-order chi connectivity index (χ1) is 17.7. The van der Waals surface area contributed by atoms with Crippen LogP contribution in [-0.2, 0) is 4.74 Å². The molecule has 1 aliphatic rings. The Bertz CT molecular complexity index is 1450. The number of H-pyrrole nitrogens is 1. The zero-order chi connectivity index (χ0) is 26.2. The van der Waals surface area contributed by atoms with Crippen LogP contribution in [0.1, 0.15) is 33.6 Å². The number of amides is 1. The molecular weight excluding hydrogens is 511 g/mol. The largest absolute Gasteiger partial charge is 0.489 e. The van der Waals surface area contributed by atoms with E-state index in [9.17, 15) is 4.79 Å². The summed E-state index contributed by atoms with van der Waals surface area (Å²) >= 11 is 13.0. The molecule has 5 rings (SSSR count). The van der Waals surface area contributed by atoms with Gasteiger partial charge in [-0.3, -0.25) is 9.97 Å². The highest BCUT2D eigenvalue weighted by molar-refractivity contribution is 6.44. The average Bonchev–Trinajstić information content (AvgIpc) is 3.48. The molecule has 37 heavy (non-hydrogen) atoms. The predicted octanol–water partition coefficient (Wildman–Crippen LogP) is 7.38. The number of ether oxygens (including phenoxy) is 2. The van der Waals surface area contributed by atoms with Gasteiger partial charge in [-0.1, -0.05) is 35.3 Å². The monoisotopic (exact) mass is 538 g/mol. The lowest BCUT2D eigenvalue weighted by Crippen LogP contribution is -2.42. The topological polar surface area (TPSA) is 80.3 Å². The van der Waals surface area contributed by atoms with Crippen molar-refractivity contribution in [1.82, 2.24) is 19.9 Å². The van der Waals surface area contributed by atoms with Crippen LogP contribution in [0.2, 0.25) is 10.0 Å². The highest BCUT2D eigenvalue weighted by Gasteiger charge is 2.33. The number of nitrogens with one attached hydrogen (secondary N) is 1. The van der Waals surface area contributed by atoms with Gasteiger partial charge in [0.25, 0.3) is 0 Å². The molecule has 0 aliphatic carbocycles. The first-order valence-electron chi connectivity index (χ1n) is 12.2. The number of benzene rings is 1. The van der Waals surface area contributed by atoms with Gasteiger partial charge in [-0.15, -0.1) is 0 Å². The van der Waals surface area contributed by atoms with Gasteiger partial charge in [0.1, 0.15) is 18.0 Å². The van der Waals surface area contributed by atoms with Gasteiger partial charge in [-0.25, -0.2) is 4.79 Å². The molecule has 4 heterocycles. The number of fused-ring (bicyclic) bond motifs is 1. The van der Waals surface area contributed by atoms with Crippen LogP contribution in [0.5, 0.6) is 5.75 Å². The summed E-state index contributed by atoms with van der Waals surface area (Å²) in [6.45, 7) is 6.58. The van der Waals surface area contributed by atoms with Crippen molar-refractivity contribution in [2.45, 2.75) is 45.3 Å².